The fourth-order valence-electron chi connectivity index (χ4n) is 2.00. The predicted octanol–water partition coefficient (Wildman–Crippen LogP) is 2.13. The summed E-state index contributed by atoms with van der Waals surface area (Å²) < 4.78 is 6.15. The molecular formula is C15H17N3O4. The number of carboxylic acid groups (broad SMARTS) is 1. The lowest BCUT2D eigenvalue weighted by Gasteiger charge is -2.08. The Hall–Kier alpha value is -2.83. The Balaban J connectivity index is 2.22. The Morgan fingerprint density at radius 1 is 1.36 bits per heavy atom. The largest absolute Gasteiger partial charge is 0.477 e. The van der Waals surface area contributed by atoms with Crippen LogP contribution in [0.4, 0.5) is 4.79 Å². The van der Waals surface area contributed by atoms with Gasteiger partial charge in [0.2, 0.25) is 0 Å². The Morgan fingerprint density at radius 3 is 2.82 bits per heavy atom. The van der Waals surface area contributed by atoms with E-state index in [-0.39, 0.29) is 12.2 Å². The number of nitrogens with zero attached hydrogens (tertiary/aromatic N) is 2. The fraction of sp³-hybridized carbons (Fsp3) is 0.267. The Labute approximate surface area is 127 Å². The van der Waals surface area contributed by atoms with Crippen LogP contribution in [0.5, 0.6) is 0 Å². The van der Waals surface area contributed by atoms with E-state index in [1.165, 1.54) is 10.7 Å². The van der Waals surface area contributed by atoms with Crippen molar-refractivity contribution in [3.8, 4) is 5.69 Å². The molecule has 0 atom stereocenters. The summed E-state index contributed by atoms with van der Waals surface area (Å²) in [5.41, 5.74) is 2.14. The monoisotopic (exact) mass is 303 g/mol. The standard InChI is InChI=1S/C15H17N3O4/c1-3-22-15(21)16-9-11-5-4-6-12(8-11)18-13(14(19)20)7-10(2)17-18/h4-8H,3,9H2,1-2H3,(H,16,21)(H,19,20). The maximum absolute atomic E-state index is 11.3. The number of aromatic nitrogens is 2. The maximum atomic E-state index is 11.3. The van der Waals surface area contributed by atoms with Gasteiger partial charge in [0.25, 0.3) is 0 Å². The molecule has 0 unspecified atom stereocenters. The third-order valence-corrected chi connectivity index (χ3v) is 2.92. The van der Waals surface area contributed by atoms with Crippen molar-refractivity contribution in [2.24, 2.45) is 0 Å². The molecule has 0 bridgehead atoms. The van der Waals surface area contributed by atoms with Crippen LogP contribution in [0.1, 0.15) is 28.7 Å². The van der Waals surface area contributed by atoms with Crippen molar-refractivity contribution in [3.63, 3.8) is 0 Å². The van der Waals surface area contributed by atoms with Crippen molar-refractivity contribution >= 4 is 12.1 Å². The normalized spacial score (nSPS) is 10.3. The van der Waals surface area contributed by atoms with E-state index in [9.17, 15) is 14.7 Å². The lowest BCUT2D eigenvalue weighted by atomic mass is 10.2. The van der Waals surface area contributed by atoms with E-state index < -0.39 is 12.1 Å². The van der Waals surface area contributed by atoms with Crippen molar-refractivity contribution in [2.75, 3.05) is 6.61 Å². The minimum atomic E-state index is -1.05. The molecule has 116 valence electrons. The third-order valence-electron chi connectivity index (χ3n) is 2.92. The molecular weight excluding hydrogens is 286 g/mol. The summed E-state index contributed by atoms with van der Waals surface area (Å²) in [4.78, 5) is 22.5. The van der Waals surface area contributed by atoms with Gasteiger partial charge in [-0.1, -0.05) is 12.1 Å². The van der Waals surface area contributed by atoms with Gasteiger partial charge >= 0.3 is 12.1 Å². The lowest BCUT2D eigenvalue weighted by Crippen LogP contribution is -2.23. The van der Waals surface area contributed by atoms with E-state index in [1.54, 1.807) is 32.0 Å². The zero-order chi connectivity index (χ0) is 16.1. The van der Waals surface area contributed by atoms with Crippen LogP contribution in [0.25, 0.3) is 5.69 Å². The molecule has 0 aliphatic carbocycles. The molecule has 2 aromatic rings. The molecule has 2 rings (SSSR count). The predicted molar refractivity (Wildman–Crippen MR) is 79.1 cm³/mol. The highest BCUT2D eigenvalue weighted by molar-refractivity contribution is 5.86. The van der Waals surface area contributed by atoms with Crippen molar-refractivity contribution in [1.82, 2.24) is 15.1 Å². The first kappa shape index (κ1) is 15.6. The molecule has 22 heavy (non-hydrogen) atoms. The molecule has 0 radical (unpaired) electrons. The van der Waals surface area contributed by atoms with Crippen LogP contribution in [0.15, 0.2) is 30.3 Å². The summed E-state index contributed by atoms with van der Waals surface area (Å²) >= 11 is 0. The third kappa shape index (κ3) is 3.63. The topological polar surface area (TPSA) is 93.5 Å². The lowest BCUT2D eigenvalue weighted by molar-refractivity contribution is 0.0687. The minimum absolute atomic E-state index is 0.0907. The quantitative estimate of drug-likeness (QED) is 0.882. The zero-order valence-corrected chi connectivity index (χ0v) is 12.4. The molecule has 0 aliphatic rings. The van der Waals surface area contributed by atoms with Gasteiger partial charge in [-0.05, 0) is 37.6 Å². The van der Waals surface area contributed by atoms with Gasteiger partial charge in [-0.15, -0.1) is 0 Å². The number of hydrogen-bond donors (Lipinski definition) is 2. The molecule has 2 N–H and O–H groups in total. The molecule has 7 nitrogen and oxygen atoms in total. The minimum Gasteiger partial charge on any atom is -0.477 e. The van der Waals surface area contributed by atoms with Crippen LogP contribution in [0.3, 0.4) is 0 Å². The molecule has 7 heteroatoms. The van der Waals surface area contributed by atoms with Crippen LogP contribution < -0.4 is 5.32 Å². The second-order valence-corrected chi connectivity index (χ2v) is 4.63. The molecule has 1 amide bonds. The number of rotatable bonds is 5. The van der Waals surface area contributed by atoms with Crippen molar-refractivity contribution < 1.29 is 19.4 Å². The van der Waals surface area contributed by atoms with Crippen molar-refractivity contribution in [2.45, 2.75) is 20.4 Å². The van der Waals surface area contributed by atoms with E-state index in [1.807, 2.05) is 6.07 Å². The summed E-state index contributed by atoms with van der Waals surface area (Å²) in [7, 11) is 0. The fourth-order valence-corrected chi connectivity index (χ4v) is 2.00. The summed E-state index contributed by atoms with van der Waals surface area (Å²) in [6.07, 6.45) is -0.492. The SMILES string of the molecule is CCOC(=O)NCc1cccc(-n2nc(C)cc2C(=O)O)c1. The van der Waals surface area contributed by atoms with Crippen LogP contribution in [-0.4, -0.2) is 33.6 Å². The van der Waals surface area contributed by atoms with E-state index in [0.29, 0.717) is 18.0 Å². The summed E-state index contributed by atoms with van der Waals surface area (Å²) in [5.74, 6) is -1.05. The molecule has 0 saturated heterocycles. The first-order valence-corrected chi connectivity index (χ1v) is 6.81. The second-order valence-electron chi connectivity index (χ2n) is 4.63. The maximum Gasteiger partial charge on any atom is 0.407 e. The van der Waals surface area contributed by atoms with Crippen molar-refractivity contribution in [1.29, 1.82) is 0 Å². The van der Waals surface area contributed by atoms with Gasteiger partial charge in [-0.25, -0.2) is 14.3 Å². The van der Waals surface area contributed by atoms with Gasteiger partial charge in [0.05, 0.1) is 18.0 Å². The highest BCUT2D eigenvalue weighted by Crippen LogP contribution is 2.14. The molecule has 1 aromatic heterocycles. The number of ether oxygens (including phenoxy) is 1. The highest BCUT2D eigenvalue weighted by atomic mass is 16.5. The van der Waals surface area contributed by atoms with Gasteiger partial charge in [-0.3, -0.25) is 0 Å². The number of benzene rings is 1. The van der Waals surface area contributed by atoms with Gasteiger partial charge in [0.1, 0.15) is 0 Å². The summed E-state index contributed by atoms with van der Waals surface area (Å²) in [6.45, 7) is 4.05. The Kier molecular flexibility index (Phi) is 4.77. The second kappa shape index (κ2) is 6.75. The zero-order valence-electron chi connectivity index (χ0n) is 12.4. The molecule has 0 saturated carbocycles. The van der Waals surface area contributed by atoms with Crippen molar-refractivity contribution in [3.05, 3.63) is 47.3 Å². The van der Waals surface area contributed by atoms with Gasteiger partial charge < -0.3 is 15.2 Å². The number of alkyl carbamates (subject to hydrolysis) is 1. The summed E-state index contributed by atoms with van der Waals surface area (Å²) in [5, 5.41) is 16.0. The Morgan fingerprint density at radius 2 is 2.14 bits per heavy atom. The number of hydrogen-bond acceptors (Lipinski definition) is 4. The van der Waals surface area contributed by atoms with Gasteiger partial charge in [-0.2, -0.15) is 5.10 Å². The molecule has 0 aliphatic heterocycles. The van der Waals surface area contributed by atoms with E-state index in [4.69, 9.17) is 4.74 Å². The number of aromatic carboxylic acids is 1. The smallest absolute Gasteiger partial charge is 0.407 e. The molecule has 0 fully saturated rings. The number of carbonyl (C=O) groups excluding carboxylic acids is 1. The average Bonchev–Trinajstić information content (AvgIpc) is 2.88. The first-order valence-electron chi connectivity index (χ1n) is 6.81. The Bertz CT molecular complexity index is 694. The van der Waals surface area contributed by atoms with E-state index >= 15 is 0 Å². The molecule has 1 aromatic carbocycles. The number of nitrogens with one attached hydrogen (secondary N) is 1. The number of carboxylic acids is 1. The van der Waals surface area contributed by atoms with Gasteiger partial charge in [0.15, 0.2) is 5.69 Å². The highest BCUT2D eigenvalue weighted by Gasteiger charge is 2.14. The molecule has 1 heterocycles. The van der Waals surface area contributed by atoms with Crippen LogP contribution in [-0.2, 0) is 11.3 Å². The van der Waals surface area contributed by atoms with E-state index in [2.05, 4.69) is 10.4 Å². The van der Waals surface area contributed by atoms with Crippen LogP contribution >= 0.6 is 0 Å². The number of amides is 1. The van der Waals surface area contributed by atoms with Gasteiger partial charge in [0, 0.05) is 6.54 Å². The summed E-state index contributed by atoms with van der Waals surface area (Å²) in [6, 6.07) is 8.64. The average molecular weight is 303 g/mol. The number of aryl methyl sites for hydroxylation is 1. The van der Waals surface area contributed by atoms with E-state index in [0.717, 1.165) is 5.56 Å². The van der Waals surface area contributed by atoms with Crippen LogP contribution in [0.2, 0.25) is 0 Å². The number of carbonyl (C=O) groups is 2. The van der Waals surface area contributed by atoms with Crippen LogP contribution in [0, 0.1) is 6.92 Å². The first-order chi connectivity index (χ1) is 10.5. The molecule has 0 spiro atoms.